The number of hydrogen-bond donors (Lipinski definition) is 0. The van der Waals surface area contributed by atoms with Crippen molar-refractivity contribution >= 4 is 16.9 Å². The molecule has 2 aromatic heterocycles. The van der Waals surface area contributed by atoms with E-state index in [9.17, 15) is 0 Å². The lowest BCUT2D eigenvalue weighted by molar-refractivity contribution is 0.0336. The van der Waals surface area contributed by atoms with E-state index < -0.39 is 0 Å². The van der Waals surface area contributed by atoms with Gasteiger partial charge in [0.25, 0.3) is 6.01 Å². The Balaban J connectivity index is 1.40. The number of oxazole rings is 1. The zero-order chi connectivity index (χ0) is 22.5. The molecule has 7 heteroatoms. The highest BCUT2D eigenvalue weighted by Gasteiger charge is 2.18. The van der Waals surface area contributed by atoms with E-state index in [2.05, 4.69) is 51.2 Å². The number of pyridine rings is 1. The van der Waals surface area contributed by atoms with Gasteiger partial charge in [0.15, 0.2) is 0 Å². The minimum Gasteiger partial charge on any atom is -0.497 e. The fraction of sp³-hybridized carbons (Fsp3) is 0.308. The lowest BCUT2D eigenvalue weighted by Gasteiger charge is -2.25. The van der Waals surface area contributed by atoms with E-state index in [0.29, 0.717) is 19.1 Å². The third-order valence-electron chi connectivity index (χ3n) is 5.85. The van der Waals surface area contributed by atoms with Gasteiger partial charge in [0.05, 0.1) is 31.5 Å². The average molecular weight is 445 g/mol. The van der Waals surface area contributed by atoms with Crippen LogP contribution in [0.25, 0.3) is 10.9 Å². The summed E-state index contributed by atoms with van der Waals surface area (Å²) < 4.78 is 16.8. The minimum absolute atomic E-state index is 0.618. The van der Waals surface area contributed by atoms with Crippen LogP contribution in [0.1, 0.15) is 16.8 Å². The van der Waals surface area contributed by atoms with Gasteiger partial charge in [-0.1, -0.05) is 24.3 Å². The first-order valence-electron chi connectivity index (χ1n) is 11.2. The van der Waals surface area contributed by atoms with Crippen LogP contribution < -0.4 is 9.64 Å². The zero-order valence-electron chi connectivity index (χ0n) is 18.8. The van der Waals surface area contributed by atoms with Crippen molar-refractivity contribution in [1.29, 1.82) is 0 Å². The highest BCUT2D eigenvalue weighted by atomic mass is 16.5. The quantitative estimate of drug-likeness (QED) is 0.402. The van der Waals surface area contributed by atoms with Gasteiger partial charge >= 0.3 is 0 Å². The second kappa shape index (κ2) is 10.0. The molecule has 0 unspecified atom stereocenters. The third-order valence-corrected chi connectivity index (χ3v) is 5.85. The van der Waals surface area contributed by atoms with E-state index in [0.717, 1.165) is 60.8 Å². The van der Waals surface area contributed by atoms with E-state index >= 15 is 0 Å². The van der Waals surface area contributed by atoms with E-state index in [1.54, 1.807) is 13.4 Å². The number of fused-ring (bicyclic) bond motifs is 1. The van der Waals surface area contributed by atoms with Gasteiger partial charge in [-0.2, -0.15) is 4.98 Å². The molecule has 0 spiro atoms. The minimum atomic E-state index is 0.618. The first-order chi connectivity index (χ1) is 16.3. The van der Waals surface area contributed by atoms with Gasteiger partial charge in [0.1, 0.15) is 12.0 Å². The Morgan fingerprint density at radius 3 is 2.70 bits per heavy atom. The normalized spacial score (nSPS) is 14.5. The Kier molecular flexibility index (Phi) is 6.51. The smallest absolute Gasteiger partial charge is 0.298 e. The molecule has 0 amide bonds. The highest BCUT2D eigenvalue weighted by molar-refractivity contribution is 5.79. The van der Waals surface area contributed by atoms with Crippen LogP contribution in [-0.4, -0.2) is 48.3 Å². The molecule has 0 bridgehead atoms. The van der Waals surface area contributed by atoms with Crippen molar-refractivity contribution in [2.45, 2.75) is 19.6 Å². The van der Waals surface area contributed by atoms with Gasteiger partial charge in [-0.15, -0.1) is 0 Å². The molecule has 0 aliphatic carbocycles. The van der Waals surface area contributed by atoms with Crippen molar-refractivity contribution in [3.05, 3.63) is 83.9 Å². The summed E-state index contributed by atoms with van der Waals surface area (Å²) in [6, 6.07) is 19.1. The number of aromatic nitrogens is 2. The highest BCUT2D eigenvalue weighted by Crippen LogP contribution is 2.24. The second-order valence-electron chi connectivity index (χ2n) is 8.25. The predicted molar refractivity (Wildman–Crippen MR) is 127 cm³/mol. The van der Waals surface area contributed by atoms with Gasteiger partial charge in [0, 0.05) is 44.3 Å². The molecule has 2 aromatic carbocycles. The topological polar surface area (TPSA) is 63.9 Å². The first kappa shape index (κ1) is 21.4. The maximum atomic E-state index is 5.97. The molecular weight excluding hydrogens is 416 g/mol. The molecule has 0 atom stereocenters. The van der Waals surface area contributed by atoms with Gasteiger partial charge in [-0.3, -0.25) is 9.88 Å². The third kappa shape index (κ3) is 5.32. The lowest BCUT2D eigenvalue weighted by atomic mass is 10.1. The first-order valence-corrected chi connectivity index (χ1v) is 11.2. The van der Waals surface area contributed by atoms with Crippen molar-refractivity contribution in [1.82, 2.24) is 14.9 Å². The number of hydrogen-bond acceptors (Lipinski definition) is 7. The summed E-state index contributed by atoms with van der Waals surface area (Å²) in [7, 11) is 1.69. The Bertz CT molecular complexity index is 1200. The number of rotatable bonds is 8. The van der Waals surface area contributed by atoms with Crippen molar-refractivity contribution in [2.24, 2.45) is 0 Å². The summed E-state index contributed by atoms with van der Waals surface area (Å²) in [6.45, 7) is 5.45. The van der Waals surface area contributed by atoms with Crippen LogP contribution in [0.5, 0.6) is 5.75 Å². The number of benzene rings is 2. The van der Waals surface area contributed by atoms with Crippen molar-refractivity contribution in [3.63, 3.8) is 0 Å². The van der Waals surface area contributed by atoms with Crippen molar-refractivity contribution in [2.75, 3.05) is 38.3 Å². The van der Waals surface area contributed by atoms with Crippen molar-refractivity contribution < 1.29 is 13.9 Å². The molecule has 0 radical (unpaired) electrons. The maximum Gasteiger partial charge on any atom is 0.298 e. The van der Waals surface area contributed by atoms with E-state index in [-0.39, 0.29) is 0 Å². The van der Waals surface area contributed by atoms with Crippen LogP contribution in [0.4, 0.5) is 6.01 Å². The lowest BCUT2D eigenvalue weighted by Crippen LogP contribution is -2.35. The summed E-state index contributed by atoms with van der Waals surface area (Å²) in [6.07, 6.45) is 3.59. The van der Waals surface area contributed by atoms with Gasteiger partial charge < -0.3 is 18.8 Å². The average Bonchev–Trinajstić information content (AvgIpc) is 3.33. The summed E-state index contributed by atoms with van der Waals surface area (Å²) >= 11 is 0. The van der Waals surface area contributed by atoms with E-state index in [1.165, 1.54) is 5.56 Å². The fourth-order valence-corrected chi connectivity index (χ4v) is 4.13. The number of nitrogens with zero attached hydrogens (tertiary/aromatic N) is 4. The van der Waals surface area contributed by atoms with Gasteiger partial charge in [0.2, 0.25) is 0 Å². The Hall–Kier alpha value is -3.42. The van der Waals surface area contributed by atoms with Crippen molar-refractivity contribution in [3.8, 4) is 5.75 Å². The SMILES string of the molecule is COc1cccc(CN(Cc2ccc3ncccc3c2)c2nc(CN3CCOCC3)co2)c1. The molecule has 1 aliphatic heterocycles. The van der Waals surface area contributed by atoms with Gasteiger partial charge in [-0.25, -0.2) is 0 Å². The summed E-state index contributed by atoms with van der Waals surface area (Å²) in [4.78, 5) is 13.8. The predicted octanol–water partition coefficient (Wildman–Crippen LogP) is 4.27. The number of methoxy groups -OCH3 is 1. The molecule has 3 heterocycles. The summed E-state index contributed by atoms with van der Waals surface area (Å²) in [5, 5.41) is 1.12. The molecular formula is C26H28N4O3. The summed E-state index contributed by atoms with van der Waals surface area (Å²) in [5.41, 5.74) is 4.23. The molecule has 0 N–H and O–H groups in total. The van der Waals surface area contributed by atoms with Crippen LogP contribution >= 0.6 is 0 Å². The molecule has 1 aliphatic rings. The van der Waals surface area contributed by atoms with Crippen LogP contribution in [-0.2, 0) is 24.4 Å². The molecule has 170 valence electrons. The number of ether oxygens (including phenoxy) is 2. The largest absolute Gasteiger partial charge is 0.497 e. The summed E-state index contributed by atoms with van der Waals surface area (Å²) in [5.74, 6) is 0.838. The number of anilines is 1. The molecule has 5 rings (SSSR count). The molecule has 1 fully saturated rings. The maximum absolute atomic E-state index is 5.97. The molecule has 1 saturated heterocycles. The molecule has 7 nitrogen and oxygen atoms in total. The van der Waals surface area contributed by atoms with E-state index in [4.69, 9.17) is 18.9 Å². The Morgan fingerprint density at radius 2 is 1.85 bits per heavy atom. The fourth-order valence-electron chi connectivity index (χ4n) is 4.13. The molecule has 4 aromatic rings. The molecule has 33 heavy (non-hydrogen) atoms. The van der Waals surface area contributed by atoms with Crippen LogP contribution in [0.15, 0.2) is 71.5 Å². The van der Waals surface area contributed by atoms with Crippen LogP contribution in [0.2, 0.25) is 0 Å². The monoisotopic (exact) mass is 444 g/mol. The number of morpholine rings is 1. The van der Waals surface area contributed by atoms with Crippen LogP contribution in [0.3, 0.4) is 0 Å². The second-order valence-corrected chi connectivity index (χ2v) is 8.25. The van der Waals surface area contributed by atoms with E-state index in [1.807, 2.05) is 24.4 Å². The Morgan fingerprint density at radius 1 is 1.00 bits per heavy atom. The van der Waals surface area contributed by atoms with Gasteiger partial charge in [-0.05, 0) is 41.5 Å². The molecule has 0 saturated carbocycles. The van der Waals surface area contributed by atoms with Crippen LogP contribution in [0, 0.1) is 0 Å². The standard InChI is InChI=1S/C26H28N4O3/c1-31-24-6-2-4-20(15-24)16-30(17-21-7-8-25-22(14-21)5-3-9-27-25)26-28-23(19-33-26)18-29-10-12-32-13-11-29/h2-9,14-15,19H,10-13,16-18H2,1H3. The zero-order valence-corrected chi connectivity index (χ0v) is 18.8. The Labute approximate surface area is 193 Å².